The minimum absolute atomic E-state index is 0.252. The van der Waals surface area contributed by atoms with Crippen molar-refractivity contribution in [2.45, 2.75) is 58.8 Å². The second-order valence-electron chi connectivity index (χ2n) is 9.06. The second-order valence-corrected chi connectivity index (χ2v) is 9.06. The Morgan fingerprint density at radius 3 is 2.37 bits per heavy atom. The average Bonchev–Trinajstić information content (AvgIpc) is 3.56. The molecule has 0 amide bonds. The van der Waals surface area contributed by atoms with Gasteiger partial charge in [-0.1, -0.05) is 62.7 Å². The molecule has 38 heavy (non-hydrogen) atoms. The fourth-order valence-electron chi connectivity index (χ4n) is 4.67. The van der Waals surface area contributed by atoms with Crippen molar-refractivity contribution in [3.05, 3.63) is 82.3 Å². The summed E-state index contributed by atoms with van der Waals surface area (Å²) in [6.45, 7) is 4.34. The first-order chi connectivity index (χ1) is 18.5. The van der Waals surface area contributed by atoms with E-state index < -0.39 is 6.29 Å². The lowest BCUT2D eigenvalue weighted by molar-refractivity contribution is -0.110. The first-order valence-electron chi connectivity index (χ1n) is 12.9. The molecule has 10 nitrogen and oxygen atoms in total. The van der Waals surface area contributed by atoms with Crippen LogP contribution in [0.25, 0.3) is 16.8 Å². The highest BCUT2D eigenvalue weighted by molar-refractivity contribution is 5.79. The lowest BCUT2D eigenvalue weighted by Gasteiger charge is -2.17. The highest BCUT2D eigenvalue weighted by Gasteiger charge is 2.29. The number of ether oxygens (including phenoxy) is 2. The number of methoxy groups -OCH3 is 2. The summed E-state index contributed by atoms with van der Waals surface area (Å²) in [5, 5.41) is 11.5. The van der Waals surface area contributed by atoms with E-state index in [2.05, 4.69) is 22.4 Å². The zero-order valence-electron chi connectivity index (χ0n) is 22.3. The van der Waals surface area contributed by atoms with Gasteiger partial charge in [-0.15, -0.1) is 5.10 Å². The Bertz CT molecular complexity index is 1400. The first kappa shape index (κ1) is 27.2. The van der Waals surface area contributed by atoms with Crippen molar-refractivity contribution in [1.29, 1.82) is 0 Å². The van der Waals surface area contributed by atoms with E-state index in [0.29, 0.717) is 25.1 Å². The maximum Gasteiger partial charge on any atom is 0.335 e. The van der Waals surface area contributed by atoms with Crippen molar-refractivity contribution in [2.24, 2.45) is 0 Å². The number of hydrogen-bond donors (Lipinski definition) is 0. The smallest absolute Gasteiger partial charge is 0.335 e. The number of tetrazole rings is 1. The molecule has 4 aromatic rings. The number of benzene rings is 2. The molecule has 0 unspecified atom stereocenters. The molecule has 0 bridgehead atoms. The first-order valence-corrected chi connectivity index (χ1v) is 12.9. The minimum Gasteiger partial charge on any atom is -0.350 e. The second kappa shape index (κ2) is 12.6. The zero-order chi connectivity index (χ0) is 27.1. The lowest BCUT2D eigenvalue weighted by atomic mass is 10.0. The summed E-state index contributed by atoms with van der Waals surface area (Å²) in [5.74, 6) is -0.252. The van der Waals surface area contributed by atoms with Crippen LogP contribution in [0.1, 0.15) is 67.6 Å². The van der Waals surface area contributed by atoms with E-state index in [1.165, 1.54) is 18.8 Å². The van der Waals surface area contributed by atoms with Gasteiger partial charge in [0.2, 0.25) is 12.2 Å². The average molecular weight is 519 g/mol. The predicted molar refractivity (Wildman–Crippen MR) is 143 cm³/mol. The van der Waals surface area contributed by atoms with Gasteiger partial charge in [-0.3, -0.25) is 9.36 Å². The van der Waals surface area contributed by atoms with E-state index in [9.17, 15) is 9.59 Å². The number of unbranched alkanes of at least 4 members (excludes halogenated alkanes) is 1. The Kier molecular flexibility index (Phi) is 8.98. The Hall–Kier alpha value is -3.89. The Balaban J connectivity index is 1.74. The number of carbonyl (C=O) groups is 1. The minimum atomic E-state index is -0.818. The third kappa shape index (κ3) is 5.51. The summed E-state index contributed by atoms with van der Waals surface area (Å²) in [6, 6.07) is 15.9. The van der Waals surface area contributed by atoms with Crippen LogP contribution in [0, 0.1) is 0 Å². The third-order valence-electron chi connectivity index (χ3n) is 6.52. The molecule has 2 aromatic heterocycles. The molecule has 2 aromatic carbocycles. The van der Waals surface area contributed by atoms with E-state index >= 15 is 0 Å². The number of imidazole rings is 1. The van der Waals surface area contributed by atoms with Crippen molar-refractivity contribution in [1.82, 2.24) is 29.3 Å². The standard InChI is InChI=1S/C28H34N6O4/c1-5-7-12-24-26(27(37-3)38-4)34(25(35)10-6-2)28(36)32(24)18-20-14-16-21(17-15-20)22-11-8-9-13-23(22)33-19-29-30-31-33/h8-9,11,13-17,19,27H,5-7,10,12,18H2,1-4H3. The largest absolute Gasteiger partial charge is 0.350 e. The van der Waals surface area contributed by atoms with Gasteiger partial charge in [0.05, 0.1) is 12.2 Å². The molecular weight excluding hydrogens is 484 g/mol. The number of carbonyl (C=O) groups excluding carboxylic acids is 1. The van der Waals surface area contributed by atoms with E-state index in [1.807, 2.05) is 55.5 Å². The van der Waals surface area contributed by atoms with Gasteiger partial charge in [0.25, 0.3) is 0 Å². The van der Waals surface area contributed by atoms with Gasteiger partial charge in [0, 0.05) is 31.9 Å². The van der Waals surface area contributed by atoms with Crippen LogP contribution in [0.2, 0.25) is 0 Å². The maximum atomic E-state index is 13.7. The highest BCUT2D eigenvalue weighted by Crippen LogP contribution is 2.28. The lowest BCUT2D eigenvalue weighted by Crippen LogP contribution is -2.31. The monoisotopic (exact) mass is 518 g/mol. The van der Waals surface area contributed by atoms with E-state index in [0.717, 1.165) is 40.9 Å². The summed E-state index contributed by atoms with van der Waals surface area (Å²) < 4.78 is 15.6. The maximum absolute atomic E-state index is 13.7. The zero-order valence-corrected chi connectivity index (χ0v) is 22.3. The molecule has 0 aliphatic heterocycles. The van der Waals surface area contributed by atoms with E-state index in [-0.39, 0.29) is 18.0 Å². The van der Waals surface area contributed by atoms with Gasteiger partial charge in [-0.25, -0.2) is 9.36 Å². The molecule has 0 saturated carbocycles. The van der Waals surface area contributed by atoms with E-state index in [4.69, 9.17) is 9.47 Å². The fraction of sp³-hybridized carbons (Fsp3) is 0.393. The molecule has 4 rings (SSSR count). The molecule has 0 N–H and O–H groups in total. The Morgan fingerprint density at radius 1 is 1.00 bits per heavy atom. The molecule has 0 atom stereocenters. The van der Waals surface area contributed by atoms with Crippen LogP contribution in [-0.2, 0) is 22.4 Å². The summed E-state index contributed by atoms with van der Waals surface area (Å²) in [7, 11) is 3.03. The summed E-state index contributed by atoms with van der Waals surface area (Å²) in [6.07, 6.45) is 4.09. The predicted octanol–water partition coefficient (Wildman–Crippen LogP) is 4.42. The van der Waals surface area contributed by atoms with Crippen LogP contribution >= 0.6 is 0 Å². The number of rotatable bonds is 12. The molecular formula is C28H34N6O4. The molecule has 0 radical (unpaired) electrons. The van der Waals surface area contributed by atoms with Gasteiger partial charge in [0.1, 0.15) is 12.0 Å². The Morgan fingerprint density at radius 2 is 1.74 bits per heavy atom. The molecule has 0 aliphatic rings. The molecule has 200 valence electrons. The third-order valence-corrected chi connectivity index (χ3v) is 6.52. The normalized spacial score (nSPS) is 11.4. The van der Waals surface area contributed by atoms with Crippen LogP contribution in [0.15, 0.2) is 59.7 Å². The summed E-state index contributed by atoms with van der Waals surface area (Å²) in [5.41, 5.74) is 4.66. The van der Waals surface area contributed by atoms with Gasteiger partial charge in [-0.05, 0) is 46.9 Å². The van der Waals surface area contributed by atoms with Crippen LogP contribution in [0.5, 0.6) is 0 Å². The SMILES string of the molecule is CCCCc1c(C(OC)OC)n(C(=O)CCC)c(=O)n1Cc1ccc(-c2ccccc2-n2cnnn2)cc1. The van der Waals surface area contributed by atoms with Crippen molar-refractivity contribution in [3.8, 4) is 16.8 Å². The highest BCUT2D eigenvalue weighted by atomic mass is 16.7. The summed E-state index contributed by atoms with van der Waals surface area (Å²) >= 11 is 0. The van der Waals surface area contributed by atoms with Gasteiger partial charge >= 0.3 is 5.69 Å². The Labute approximate surface area is 221 Å². The van der Waals surface area contributed by atoms with E-state index in [1.54, 1.807) is 15.6 Å². The number of para-hydroxylation sites is 1. The van der Waals surface area contributed by atoms with Gasteiger partial charge in [0.15, 0.2) is 0 Å². The van der Waals surface area contributed by atoms with Crippen LogP contribution < -0.4 is 5.69 Å². The molecule has 0 aliphatic carbocycles. The summed E-state index contributed by atoms with van der Waals surface area (Å²) in [4.78, 5) is 26.7. The van der Waals surface area contributed by atoms with Crippen molar-refractivity contribution in [2.75, 3.05) is 14.2 Å². The topological polar surface area (TPSA) is 106 Å². The molecule has 0 spiro atoms. The molecule has 0 fully saturated rings. The molecule has 2 heterocycles. The number of nitrogens with zero attached hydrogens (tertiary/aromatic N) is 6. The quantitative estimate of drug-likeness (QED) is 0.256. The van der Waals surface area contributed by atoms with Crippen LogP contribution in [-0.4, -0.2) is 49.5 Å². The number of aromatic nitrogens is 6. The number of hydrogen-bond acceptors (Lipinski definition) is 7. The molecule has 10 heteroatoms. The van der Waals surface area contributed by atoms with Crippen molar-refractivity contribution < 1.29 is 14.3 Å². The van der Waals surface area contributed by atoms with Gasteiger partial charge < -0.3 is 9.47 Å². The van der Waals surface area contributed by atoms with Gasteiger partial charge in [-0.2, -0.15) is 4.68 Å². The van der Waals surface area contributed by atoms with Crippen molar-refractivity contribution >= 4 is 5.91 Å². The fourth-order valence-corrected chi connectivity index (χ4v) is 4.67. The van der Waals surface area contributed by atoms with Crippen molar-refractivity contribution in [3.63, 3.8) is 0 Å². The van der Waals surface area contributed by atoms with Crippen LogP contribution in [0.4, 0.5) is 0 Å². The molecule has 0 saturated heterocycles. The van der Waals surface area contributed by atoms with Crippen LogP contribution in [0.3, 0.4) is 0 Å².